The van der Waals surface area contributed by atoms with Crippen molar-refractivity contribution in [3.63, 3.8) is 0 Å². The molecule has 0 aliphatic heterocycles. The van der Waals surface area contributed by atoms with Crippen molar-refractivity contribution in [2.24, 2.45) is 5.73 Å². The van der Waals surface area contributed by atoms with Crippen LogP contribution in [0.5, 0.6) is 11.5 Å². The van der Waals surface area contributed by atoms with Gasteiger partial charge in [0.25, 0.3) is 0 Å². The number of benzene rings is 2. The standard InChI is InChI=1S/C13H13NO2.C9H7NO/c14-13-10(5-3-7-12(13)16)8-9-4-1-2-6-11(9)15;11-8-5-1-3-7-4-2-6-10-9(7)8/h1-8,13,15-16H,14H2;1-6,11H. The molecule has 0 radical (unpaired) electrons. The molecule has 0 fully saturated rings. The summed E-state index contributed by atoms with van der Waals surface area (Å²) in [6.45, 7) is 0. The highest BCUT2D eigenvalue weighted by atomic mass is 16.3. The van der Waals surface area contributed by atoms with Crippen molar-refractivity contribution in [2.75, 3.05) is 0 Å². The van der Waals surface area contributed by atoms with Crippen LogP contribution in [0.25, 0.3) is 17.0 Å². The number of aliphatic hydroxyl groups excluding tert-OH is 1. The molecule has 0 saturated carbocycles. The summed E-state index contributed by atoms with van der Waals surface area (Å²) in [4.78, 5) is 4.03. The van der Waals surface area contributed by atoms with E-state index in [-0.39, 0.29) is 17.3 Å². The molecule has 0 amide bonds. The number of para-hydroxylation sites is 2. The van der Waals surface area contributed by atoms with E-state index in [2.05, 4.69) is 4.98 Å². The van der Waals surface area contributed by atoms with Crippen molar-refractivity contribution < 1.29 is 15.3 Å². The van der Waals surface area contributed by atoms with Gasteiger partial charge in [0.2, 0.25) is 0 Å². The topological polar surface area (TPSA) is 99.6 Å². The first-order valence-corrected chi connectivity index (χ1v) is 8.41. The van der Waals surface area contributed by atoms with E-state index in [0.29, 0.717) is 11.1 Å². The molecule has 0 spiro atoms. The molecule has 1 aromatic heterocycles. The van der Waals surface area contributed by atoms with Gasteiger partial charge in [-0.1, -0.05) is 48.6 Å². The summed E-state index contributed by atoms with van der Waals surface area (Å²) >= 11 is 0. The van der Waals surface area contributed by atoms with E-state index in [1.165, 1.54) is 0 Å². The van der Waals surface area contributed by atoms with Crippen LogP contribution in [0.4, 0.5) is 0 Å². The van der Waals surface area contributed by atoms with Crippen LogP contribution in [0, 0.1) is 0 Å². The summed E-state index contributed by atoms with van der Waals surface area (Å²) in [7, 11) is 0. The van der Waals surface area contributed by atoms with Crippen molar-refractivity contribution >= 4 is 17.0 Å². The number of fused-ring (bicyclic) bond motifs is 1. The Labute approximate surface area is 157 Å². The third-order valence-electron chi connectivity index (χ3n) is 4.10. The van der Waals surface area contributed by atoms with Crippen molar-refractivity contribution in [3.05, 3.63) is 95.9 Å². The molecule has 5 nitrogen and oxygen atoms in total. The maximum atomic E-state index is 9.61. The molecule has 1 aliphatic rings. The van der Waals surface area contributed by atoms with Crippen LogP contribution in [-0.2, 0) is 0 Å². The van der Waals surface area contributed by atoms with E-state index in [9.17, 15) is 15.3 Å². The highest BCUT2D eigenvalue weighted by molar-refractivity contribution is 5.83. The van der Waals surface area contributed by atoms with Crippen LogP contribution in [-0.4, -0.2) is 26.3 Å². The van der Waals surface area contributed by atoms with Gasteiger partial charge in [-0.3, -0.25) is 4.98 Å². The fourth-order valence-electron chi connectivity index (χ4n) is 2.65. The summed E-state index contributed by atoms with van der Waals surface area (Å²) in [5, 5.41) is 29.4. The predicted molar refractivity (Wildman–Crippen MR) is 107 cm³/mol. The van der Waals surface area contributed by atoms with Crippen molar-refractivity contribution in [2.45, 2.75) is 6.04 Å². The second-order valence-electron chi connectivity index (χ2n) is 5.98. The van der Waals surface area contributed by atoms with Gasteiger partial charge in [-0.2, -0.15) is 0 Å². The van der Waals surface area contributed by atoms with Crippen LogP contribution in [0.1, 0.15) is 5.56 Å². The molecule has 136 valence electrons. The summed E-state index contributed by atoms with van der Waals surface area (Å²) < 4.78 is 0. The Kier molecular flexibility index (Phi) is 5.54. The third-order valence-corrected chi connectivity index (χ3v) is 4.10. The smallest absolute Gasteiger partial charge is 0.141 e. The van der Waals surface area contributed by atoms with E-state index in [1.807, 2.05) is 30.3 Å². The average Bonchev–Trinajstić information content (AvgIpc) is 2.68. The molecule has 2 aromatic carbocycles. The van der Waals surface area contributed by atoms with Gasteiger partial charge >= 0.3 is 0 Å². The number of aliphatic hydroxyl groups is 1. The largest absolute Gasteiger partial charge is 0.510 e. The Morgan fingerprint density at radius 2 is 1.63 bits per heavy atom. The van der Waals surface area contributed by atoms with Crippen LogP contribution in [0.2, 0.25) is 0 Å². The fraction of sp³-hybridized carbons (Fsp3) is 0.0455. The SMILES string of the molecule is NC1C(O)=CC=CC1=Cc1ccccc1O.Oc1cccc2cccnc12. The molecule has 1 unspecified atom stereocenters. The zero-order chi connectivity index (χ0) is 19.2. The first-order chi connectivity index (χ1) is 13.1. The van der Waals surface area contributed by atoms with Gasteiger partial charge < -0.3 is 21.1 Å². The minimum absolute atomic E-state index is 0.129. The summed E-state index contributed by atoms with van der Waals surface area (Å²) in [6.07, 6.45) is 8.54. The number of nitrogens with zero attached hydrogens (tertiary/aromatic N) is 1. The van der Waals surface area contributed by atoms with Crippen LogP contribution < -0.4 is 5.73 Å². The number of phenolic OH excluding ortho intramolecular Hbond substituents is 2. The lowest BCUT2D eigenvalue weighted by Gasteiger charge is -2.15. The fourth-order valence-corrected chi connectivity index (χ4v) is 2.65. The summed E-state index contributed by atoms with van der Waals surface area (Å²) in [5.41, 5.74) is 7.92. The number of rotatable bonds is 1. The molecule has 1 aliphatic carbocycles. The Bertz CT molecular complexity index is 1030. The molecule has 4 rings (SSSR count). The minimum atomic E-state index is -0.524. The van der Waals surface area contributed by atoms with Gasteiger partial charge in [0.15, 0.2) is 0 Å². The quantitative estimate of drug-likeness (QED) is 0.524. The van der Waals surface area contributed by atoms with E-state index in [1.54, 1.807) is 54.8 Å². The number of pyridine rings is 1. The minimum Gasteiger partial charge on any atom is -0.510 e. The van der Waals surface area contributed by atoms with Crippen molar-refractivity contribution in [3.8, 4) is 11.5 Å². The highest BCUT2D eigenvalue weighted by Crippen LogP contribution is 2.23. The van der Waals surface area contributed by atoms with Gasteiger partial charge in [0.1, 0.15) is 22.8 Å². The normalized spacial score (nSPS) is 17.3. The first-order valence-electron chi connectivity index (χ1n) is 8.41. The van der Waals surface area contributed by atoms with E-state index >= 15 is 0 Å². The van der Waals surface area contributed by atoms with Gasteiger partial charge in [-0.05, 0) is 35.9 Å². The summed E-state index contributed by atoms with van der Waals surface area (Å²) in [6, 6.07) is 15.6. The maximum Gasteiger partial charge on any atom is 0.141 e. The molecule has 1 atom stereocenters. The number of aromatic hydroxyl groups is 2. The van der Waals surface area contributed by atoms with Gasteiger partial charge in [-0.15, -0.1) is 0 Å². The molecular weight excluding hydrogens is 340 g/mol. The van der Waals surface area contributed by atoms with E-state index in [0.717, 1.165) is 11.0 Å². The van der Waals surface area contributed by atoms with Gasteiger partial charge in [-0.25, -0.2) is 0 Å². The monoisotopic (exact) mass is 360 g/mol. The number of allylic oxidation sites excluding steroid dienone is 2. The molecule has 5 heteroatoms. The van der Waals surface area contributed by atoms with Crippen LogP contribution in [0.3, 0.4) is 0 Å². The third kappa shape index (κ3) is 4.34. The molecular formula is C22H20N2O3. The predicted octanol–water partition coefficient (Wildman–Crippen LogP) is 4.06. The molecule has 5 N–H and O–H groups in total. The lowest BCUT2D eigenvalue weighted by Crippen LogP contribution is -2.25. The number of hydrogen-bond acceptors (Lipinski definition) is 5. The zero-order valence-electron chi connectivity index (χ0n) is 14.5. The number of phenols is 2. The molecule has 0 bridgehead atoms. The van der Waals surface area contributed by atoms with Crippen molar-refractivity contribution in [1.82, 2.24) is 4.98 Å². The Morgan fingerprint density at radius 3 is 2.41 bits per heavy atom. The lowest BCUT2D eigenvalue weighted by molar-refractivity contribution is 0.380. The zero-order valence-corrected chi connectivity index (χ0v) is 14.5. The Hall–Kier alpha value is -3.57. The average molecular weight is 360 g/mol. The summed E-state index contributed by atoms with van der Waals surface area (Å²) in [5.74, 6) is 0.567. The Morgan fingerprint density at radius 1 is 0.889 bits per heavy atom. The molecule has 0 saturated heterocycles. The number of hydrogen-bond donors (Lipinski definition) is 4. The van der Waals surface area contributed by atoms with Gasteiger partial charge in [0.05, 0.1) is 6.04 Å². The number of nitrogens with two attached hydrogens (primary N) is 1. The van der Waals surface area contributed by atoms with Crippen molar-refractivity contribution in [1.29, 1.82) is 0 Å². The highest BCUT2D eigenvalue weighted by Gasteiger charge is 2.14. The molecule has 1 heterocycles. The Balaban J connectivity index is 0.000000166. The second-order valence-corrected chi connectivity index (χ2v) is 5.98. The first kappa shape index (κ1) is 18.2. The van der Waals surface area contributed by atoms with Crippen LogP contribution >= 0.6 is 0 Å². The van der Waals surface area contributed by atoms with E-state index < -0.39 is 6.04 Å². The second kappa shape index (κ2) is 8.21. The molecule has 3 aromatic rings. The van der Waals surface area contributed by atoms with Gasteiger partial charge in [0, 0.05) is 17.1 Å². The van der Waals surface area contributed by atoms with E-state index in [4.69, 9.17) is 5.73 Å². The lowest BCUT2D eigenvalue weighted by atomic mass is 9.98. The maximum absolute atomic E-state index is 9.61. The number of aromatic nitrogens is 1. The van der Waals surface area contributed by atoms with Crippen LogP contribution in [0.15, 0.2) is 90.4 Å². The molecule has 27 heavy (non-hydrogen) atoms.